The lowest BCUT2D eigenvalue weighted by Gasteiger charge is -2.02. The van der Waals surface area contributed by atoms with Crippen LogP contribution in [-0.2, 0) is 9.53 Å². The second-order valence-electron chi connectivity index (χ2n) is 4.45. The van der Waals surface area contributed by atoms with Gasteiger partial charge in [-0.1, -0.05) is 38.4 Å². The van der Waals surface area contributed by atoms with Gasteiger partial charge in [-0.05, 0) is 24.2 Å². The van der Waals surface area contributed by atoms with Crippen molar-refractivity contribution in [1.29, 1.82) is 0 Å². The van der Waals surface area contributed by atoms with Crippen molar-refractivity contribution in [1.82, 2.24) is 0 Å². The van der Waals surface area contributed by atoms with Crippen molar-refractivity contribution in [3.05, 3.63) is 11.1 Å². The molecule has 1 fully saturated rings. The van der Waals surface area contributed by atoms with Gasteiger partial charge in [0, 0.05) is 0 Å². The normalized spacial score (nSPS) is 24.6. The summed E-state index contributed by atoms with van der Waals surface area (Å²) in [5.41, 5.74) is 0.311. The Hall–Kier alpha value is -0.500. The first-order valence-corrected chi connectivity index (χ1v) is 5.39. The van der Waals surface area contributed by atoms with E-state index in [-0.39, 0.29) is 5.03 Å². The molecule has 0 amide bonds. The quantitative estimate of drug-likeness (QED) is 0.533. The molecule has 1 aliphatic carbocycles. The molecular formula is C11H17ClO2. The van der Waals surface area contributed by atoms with Gasteiger partial charge in [-0.2, -0.15) is 0 Å². The monoisotopic (exact) mass is 216 g/mol. The largest absolute Gasteiger partial charge is 0.461 e. The zero-order valence-corrected chi connectivity index (χ0v) is 9.73. The third-order valence-electron chi connectivity index (χ3n) is 2.57. The van der Waals surface area contributed by atoms with Crippen molar-refractivity contribution in [2.24, 2.45) is 11.3 Å². The van der Waals surface area contributed by atoms with Crippen LogP contribution in [0.25, 0.3) is 0 Å². The fraction of sp³-hybridized carbons (Fsp3) is 0.727. The number of carbonyl (C=O) groups excluding carboxylic acids is 1. The van der Waals surface area contributed by atoms with Crippen LogP contribution in [0.3, 0.4) is 0 Å². The highest BCUT2D eigenvalue weighted by atomic mass is 35.5. The molecule has 0 heterocycles. The number of carbonyl (C=O) groups is 1. The zero-order valence-electron chi connectivity index (χ0n) is 8.97. The van der Waals surface area contributed by atoms with Crippen molar-refractivity contribution < 1.29 is 9.53 Å². The minimum atomic E-state index is -0.392. The maximum Gasteiger partial charge on any atom is 0.349 e. The Kier molecular flexibility index (Phi) is 3.59. The van der Waals surface area contributed by atoms with Crippen molar-refractivity contribution in [3.8, 4) is 0 Å². The van der Waals surface area contributed by atoms with Gasteiger partial charge in [0.05, 0.1) is 6.61 Å². The lowest BCUT2D eigenvalue weighted by molar-refractivity contribution is -0.138. The van der Waals surface area contributed by atoms with E-state index >= 15 is 0 Å². The molecule has 1 unspecified atom stereocenters. The minimum Gasteiger partial charge on any atom is -0.461 e. The summed E-state index contributed by atoms with van der Waals surface area (Å²) in [5.74, 6) is 0.0420. The predicted molar refractivity (Wildman–Crippen MR) is 57.1 cm³/mol. The Morgan fingerprint density at radius 2 is 2.21 bits per heavy atom. The smallest absolute Gasteiger partial charge is 0.349 e. The molecule has 1 saturated carbocycles. The molecule has 2 nitrogen and oxygen atoms in total. The van der Waals surface area contributed by atoms with Crippen LogP contribution in [0.15, 0.2) is 11.1 Å². The average molecular weight is 217 g/mol. The van der Waals surface area contributed by atoms with E-state index in [2.05, 4.69) is 13.8 Å². The Morgan fingerprint density at radius 3 is 2.64 bits per heavy atom. The second-order valence-corrected chi connectivity index (χ2v) is 4.86. The van der Waals surface area contributed by atoms with E-state index in [0.29, 0.717) is 17.9 Å². The fourth-order valence-corrected chi connectivity index (χ4v) is 1.51. The van der Waals surface area contributed by atoms with Crippen LogP contribution in [0.1, 0.15) is 33.6 Å². The maximum absolute atomic E-state index is 11.3. The lowest BCUT2D eigenvalue weighted by Crippen LogP contribution is -2.05. The van der Waals surface area contributed by atoms with E-state index in [4.69, 9.17) is 16.3 Å². The molecule has 0 aromatic heterocycles. The molecule has 0 spiro atoms. The van der Waals surface area contributed by atoms with Gasteiger partial charge in [0.25, 0.3) is 0 Å². The van der Waals surface area contributed by atoms with Gasteiger partial charge in [0.1, 0.15) is 5.03 Å². The number of allylic oxidation sites excluding steroid dienone is 1. The number of halogens is 1. The molecule has 0 aromatic carbocycles. The molecule has 1 atom stereocenters. The third-order valence-corrected chi connectivity index (χ3v) is 2.85. The molecule has 0 saturated heterocycles. The summed E-state index contributed by atoms with van der Waals surface area (Å²) >= 11 is 5.82. The van der Waals surface area contributed by atoms with E-state index in [0.717, 1.165) is 12.8 Å². The molecule has 0 N–H and O–H groups in total. The SMILES string of the molecule is CCCOC(=O)/C(Cl)=C\C1CC1(C)C. The van der Waals surface area contributed by atoms with E-state index in [1.807, 2.05) is 13.0 Å². The lowest BCUT2D eigenvalue weighted by atomic mass is 10.1. The van der Waals surface area contributed by atoms with E-state index in [9.17, 15) is 4.79 Å². The Bertz CT molecular complexity index is 256. The van der Waals surface area contributed by atoms with Crippen LogP contribution >= 0.6 is 11.6 Å². The van der Waals surface area contributed by atoms with Gasteiger partial charge in [0.15, 0.2) is 0 Å². The fourth-order valence-electron chi connectivity index (χ4n) is 1.30. The zero-order chi connectivity index (χ0) is 10.8. The van der Waals surface area contributed by atoms with Crippen LogP contribution in [-0.4, -0.2) is 12.6 Å². The molecule has 0 radical (unpaired) electrons. The Balaban J connectivity index is 2.41. The summed E-state index contributed by atoms with van der Waals surface area (Å²) in [4.78, 5) is 11.3. The van der Waals surface area contributed by atoms with Crippen LogP contribution in [0.5, 0.6) is 0 Å². The van der Waals surface area contributed by atoms with Crippen LogP contribution in [0.4, 0.5) is 0 Å². The highest BCUT2D eigenvalue weighted by Gasteiger charge is 2.44. The number of esters is 1. The van der Waals surface area contributed by atoms with Gasteiger partial charge >= 0.3 is 5.97 Å². The van der Waals surface area contributed by atoms with Crippen molar-refractivity contribution in [2.75, 3.05) is 6.61 Å². The van der Waals surface area contributed by atoms with Gasteiger partial charge in [-0.3, -0.25) is 0 Å². The maximum atomic E-state index is 11.3. The number of hydrogen-bond acceptors (Lipinski definition) is 2. The minimum absolute atomic E-state index is 0.231. The molecule has 1 rings (SSSR count). The van der Waals surface area contributed by atoms with Crippen LogP contribution in [0.2, 0.25) is 0 Å². The summed E-state index contributed by atoms with van der Waals surface area (Å²) in [6.45, 7) is 6.72. The predicted octanol–water partition coefficient (Wildman–Crippen LogP) is 3.11. The van der Waals surface area contributed by atoms with E-state index < -0.39 is 5.97 Å². The number of hydrogen-bond donors (Lipinski definition) is 0. The molecule has 1 aliphatic rings. The number of ether oxygens (including phenoxy) is 1. The van der Waals surface area contributed by atoms with E-state index in [1.54, 1.807) is 0 Å². The highest BCUT2D eigenvalue weighted by molar-refractivity contribution is 6.41. The summed E-state index contributed by atoms with van der Waals surface area (Å²) in [5, 5.41) is 0.231. The first kappa shape index (κ1) is 11.6. The first-order chi connectivity index (χ1) is 6.47. The molecule has 0 aromatic rings. The second kappa shape index (κ2) is 4.35. The topological polar surface area (TPSA) is 26.3 Å². The molecule has 14 heavy (non-hydrogen) atoms. The van der Waals surface area contributed by atoms with Gasteiger partial charge < -0.3 is 4.74 Å². The summed E-state index contributed by atoms with van der Waals surface area (Å²) in [6, 6.07) is 0. The van der Waals surface area contributed by atoms with Crippen molar-refractivity contribution in [3.63, 3.8) is 0 Å². The van der Waals surface area contributed by atoms with E-state index in [1.165, 1.54) is 0 Å². The molecule has 0 aliphatic heterocycles. The highest BCUT2D eigenvalue weighted by Crippen LogP contribution is 2.53. The number of rotatable bonds is 4. The summed E-state index contributed by atoms with van der Waals surface area (Å²) < 4.78 is 4.91. The standard InChI is InChI=1S/C11H17ClO2/c1-4-5-14-10(13)9(12)6-8-7-11(8,2)3/h6,8H,4-5,7H2,1-3H3/b9-6+. The summed E-state index contributed by atoms with van der Waals surface area (Å²) in [6.07, 6.45) is 3.74. The molecule has 3 heteroatoms. The van der Waals surface area contributed by atoms with Crippen molar-refractivity contribution >= 4 is 17.6 Å². The van der Waals surface area contributed by atoms with Crippen LogP contribution < -0.4 is 0 Å². The first-order valence-electron chi connectivity index (χ1n) is 5.02. The summed E-state index contributed by atoms with van der Waals surface area (Å²) in [7, 11) is 0. The molecule has 80 valence electrons. The van der Waals surface area contributed by atoms with Crippen molar-refractivity contribution in [2.45, 2.75) is 33.6 Å². The van der Waals surface area contributed by atoms with Gasteiger partial charge in [-0.15, -0.1) is 0 Å². The Labute approximate surface area is 90.3 Å². The Morgan fingerprint density at radius 1 is 1.64 bits per heavy atom. The third kappa shape index (κ3) is 3.02. The van der Waals surface area contributed by atoms with Gasteiger partial charge in [0.2, 0.25) is 0 Å². The van der Waals surface area contributed by atoms with Gasteiger partial charge in [-0.25, -0.2) is 4.79 Å². The molecule has 0 bridgehead atoms. The molecular weight excluding hydrogens is 200 g/mol. The average Bonchev–Trinajstić information content (AvgIpc) is 2.69. The van der Waals surface area contributed by atoms with Crippen LogP contribution in [0, 0.1) is 11.3 Å².